The lowest BCUT2D eigenvalue weighted by Gasteiger charge is -2.04. The Morgan fingerprint density at radius 3 is 2.80 bits per heavy atom. The summed E-state index contributed by atoms with van der Waals surface area (Å²) in [6.45, 7) is 2.53. The molecule has 78 valence electrons. The summed E-state index contributed by atoms with van der Waals surface area (Å²) in [5.74, 6) is 1.66. The maximum Gasteiger partial charge on any atom is 0.145 e. The molecule has 0 fully saturated rings. The average Bonchev–Trinajstić information content (AvgIpc) is 2.61. The first-order chi connectivity index (χ1) is 7.25. The van der Waals surface area contributed by atoms with E-state index >= 15 is 0 Å². The van der Waals surface area contributed by atoms with Crippen molar-refractivity contribution in [3.63, 3.8) is 0 Å². The van der Waals surface area contributed by atoms with Crippen molar-refractivity contribution < 1.29 is 0 Å². The van der Waals surface area contributed by atoms with Crippen molar-refractivity contribution in [2.24, 2.45) is 7.05 Å². The van der Waals surface area contributed by atoms with Crippen molar-refractivity contribution in [1.29, 1.82) is 0 Å². The third-order valence-corrected chi connectivity index (χ3v) is 2.04. The smallest absolute Gasteiger partial charge is 0.145 e. The molecule has 0 spiro atoms. The first-order valence-electron chi connectivity index (χ1n) is 4.61. The van der Waals surface area contributed by atoms with Crippen molar-refractivity contribution in [1.82, 2.24) is 24.7 Å². The maximum atomic E-state index is 4.10. The second kappa shape index (κ2) is 4.04. The third-order valence-electron chi connectivity index (χ3n) is 2.04. The molecule has 2 aromatic rings. The predicted molar refractivity (Wildman–Crippen MR) is 55.1 cm³/mol. The number of aryl methyl sites for hydroxylation is 2. The van der Waals surface area contributed by atoms with Gasteiger partial charge in [0.25, 0.3) is 0 Å². The Labute approximate surface area is 87.4 Å². The van der Waals surface area contributed by atoms with Crippen LogP contribution in [0.3, 0.4) is 0 Å². The monoisotopic (exact) mass is 204 g/mol. The van der Waals surface area contributed by atoms with Crippen LogP contribution in [0.5, 0.6) is 0 Å². The van der Waals surface area contributed by atoms with Gasteiger partial charge < -0.3 is 5.32 Å². The average molecular weight is 204 g/mol. The zero-order valence-corrected chi connectivity index (χ0v) is 8.68. The molecule has 0 aliphatic rings. The van der Waals surface area contributed by atoms with Crippen molar-refractivity contribution in [2.45, 2.75) is 13.5 Å². The molecule has 0 radical (unpaired) electrons. The molecule has 0 amide bonds. The van der Waals surface area contributed by atoms with Crippen molar-refractivity contribution in [2.75, 3.05) is 5.32 Å². The summed E-state index contributed by atoms with van der Waals surface area (Å²) in [4.78, 5) is 12.2. The van der Waals surface area contributed by atoms with Crippen LogP contribution in [-0.2, 0) is 13.6 Å². The number of aromatic nitrogens is 5. The molecule has 0 aliphatic heterocycles. The van der Waals surface area contributed by atoms with Gasteiger partial charge in [-0.25, -0.2) is 15.0 Å². The third kappa shape index (κ3) is 2.28. The highest BCUT2D eigenvalue weighted by molar-refractivity contribution is 5.34. The molecule has 2 heterocycles. The van der Waals surface area contributed by atoms with Gasteiger partial charge in [-0.2, -0.15) is 5.10 Å². The lowest BCUT2D eigenvalue weighted by Crippen LogP contribution is -2.07. The number of nitrogens with one attached hydrogen (secondary N) is 1. The van der Waals surface area contributed by atoms with Gasteiger partial charge >= 0.3 is 0 Å². The number of anilines is 1. The van der Waals surface area contributed by atoms with Crippen LogP contribution in [0.1, 0.15) is 11.5 Å². The van der Waals surface area contributed by atoms with Gasteiger partial charge in [0.05, 0.1) is 6.54 Å². The van der Waals surface area contributed by atoms with E-state index in [9.17, 15) is 0 Å². The van der Waals surface area contributed by atoms with E-state index in [-0.39, 0.29) is 0 Å². The summed E-state index contributed by atoms with van der Waals surface area (Å²) in [7, 11) is 1.86. The fourth-order valence-corrected chi connectivity index (χ4v) is 1.20. The molecule has 15 heavy (non-hydrogen) atoms. The van der Waals surface area contributed by atoms with Crippen molar-refractivity contribution >= 4 is 5.82 Å². The van der Waals surface area contributed by atoms with Crippen LogP contribution in [-0.4, -0.2) is 24.7 Å². The Kier molecular flexibility index (Phi) is 2.57. The van der Waals surface area contributed by atoms with Crippen LogP contribution in [0.25, 0.3) is 0 Å². The molecule has 0 atom stereocenters. The fraction of sp³-hybridized carbons (Fsp3) is 0.333. The van der Waals surface area contributed by atoms with E-state index in [0.29, 0.717) is 6.54 Å². The number of hydrogen-bond acceptors (Lipinski definition) is 5. The minimum atomic E-state index is 0.604. The largest absolute Gasteiger partial charge is 0.363 e. The topological polar surface area (TPSA) is 68.5 Å². The summed E-state index contributed by atoms with van der Waals surface area (Å²) in [5, 5.41) is 7.13. The molecule has 6 nitrogen and oxygen atoms in total. The quantitative estimate of drug-likeness (QED) is 0.789. The van der Waals surface area contributed by atoms with Crippen LogP contribution in [0.2, 0.25) is 0 Å². The molecule has 2 rings (SSSR count). The molecular formula is C9H12N6. The summed E-state index contributed by atoms with van der Waals surface area (Å²) < 4.78 is 1.72. The number of nitrogens with zero attached hydrogens (tertiary/aromatic N) is 5. The lowest BCUT2D eigenvalue weighted by atomic mass is 10.4. The van der Waals surface area contributed by atoms with Gasteiger partial charge in [-0.05, 0) is 6.92 Å². The highest BCUT2D eigenvalue weighted by atomic mass is 15.3. The van der Waals surface area contributed by atoms with Gasteiger partial charge in [0.2, 0.25) is 0 Å². The molecule has 0 aliphatic carbocycles. The molecule has 0 saturated heterocycles. The van der Waals surface area contributed by atoms with Crippen molar-refractivity contribution in [3.05, 3.63) is 30.2 Å². The van der Waals surface area contributed by atoms with Crippen LogP contribution in [0.4, 0.5) is 5.82 Å². The van der Waals surface area contributed by atoms with Crippen LogP contribution in [0, 0.1) is 6.92 Å². The summed E-state index contributed by atoms with van der Waals surface area (Å²) in [6.07, 6.45) is 3.07. The molecular weight excluding hydrogens is 192 g/mol. The van der Waals surface area contributed by atoms with E-state index in [2.05, 4.69) is 25.4 Å². The molecule has 2 aromatic heterocycles. The molecule has 0 aromatic carbocycles. The Bertz CT molecular complexity index is 449. The first-order valence-corrected chi connectivity index (χ1v) is 4.61. The van der Waals surface area contributed by atoms with Gasteiger partial charge in [0, 0.05) is 18.8 Å². The second-order valence-corrected chi connectivity index (χ2v) is 3.20. The second-order valence-electron chi connectivity index (χ2n) is 3.20. The maximum absolute atomic E-state index is 4.10. The standard InChI is InChI=1S/C9H12N6/c1-7-3-8(12-5-11-7)10-4-9-13-6-14-15(9)2/h3,5-6H,4H2,1-2H3,(H,10,11,12). The summed E-state index contributed by atoms with van der Waals surface area (Å²) >= 11 is 0. The highest BCUT2D eigenvalue weighted by Gasteiger charge is 2.00. The van der Waals surface area contributed by atoms with Crippen LogP contribution >= 0.6 is 0 Å². The molecule has 6 heteroatoms. The van der Waals surface area contributed by atoms with Gasteiger partial charge in [-0.3, -0.25) is 4.68 Å². The SMILES string of the molecule is Cc1cc(NCc2ncnn2C)ncn1. The van der Waals surface area contributed by atoms with E-state index in [0.717, 1.165) is 17.3 Å². The van der Waals surface area contributed by atoms with E-state index in [1.165, 1.54) is 12.7 Å². The van der Waals surface area contributed by atoms with Crippen LogP contribution in [0.15, 0.2) is 18.7 Å². The Balaban J connectivity index is 2.02. The van der Waals surface area contributed by atoms with Gasteiger partial charge in [0.15, 0.2) is 0 Å². The Morgan fingerprint density at radius 1 is 1.27 bits per heavy atom. The minimum Gasteiger partial charge on any atom is -0.363 e. The van der Waals surface area contributed by atoms with Gasteiger partial charge in [-0.15, -0.1) is 0 Å². The lowest BCUT2D eigenvalue weighted by molar-refractivity contribution is 0.711. The van der Waals surface area contributed by atoms with E-state index < -0.39 is 0 Å². The predicted octanol–water partition coefficient (Wildman–Crippen LogP) is 0.526. The zero-order chi connectivity index (χ0) is 10.7. The Hall–Kier alpha value is -1.98. The van der Waals surface area contributed by atoms with E-state index in [1.807, 2.05) is 20.0 Å². The van der Waals surface area contributed by atoms with Gasteiger partial charge in [-0.1, -0.05) is 0 Å². The van der Waals surface area contributed by atoms with Crippen molar-refractivity contribution in [3.8, 4) is 0 Å². The summed E-state index contributed by atoms with van der Waals surface area (Å²) in [6, 6.07) is 1.89. The van der Waals surface area contributed by atoms with Crippen LogP contribution < -0.4 is 5.32 Å². The Morgan fingerprint density at radius 2 is 2.13 bits per heavy atom. The highest BCUT2D eigenvalue weighted by Crippen LogP contribution is 2.04. The minimum absolute atomic E-state index is 0.604. The molecule has 0 unspecified atom stereocenters. The first kappa shape index (κ1) is 9.57. The fourth-order valence-electron chi connectivity index (χ4n) is 1.20. The molecule has 0 saturated carbocycles. The molecule has 0 bridgehead atoms. The van der Waals surface area contributed by atoms with E-state index in [1.54, 1.807) is 4.68 Å². The summed E-state index contributed by atoms with van der Waals surface area (Å²) in [5.41, 5.74) is 0.936. The zero-order valence-electron chi connectivity index (χ0n) is 8.68. The van der Waals surface area contributed by atoms with E-state index in [4.69, 9.17) is 0 Å². The molecule has 1 N–H and O–H groups in total. The number of hydrogen-bond donors (Lipinski definition) is 1. The van der Waals surface area contributed by atoms with Gasteiger partial charge in [0.1, 0.15) is 24.3 Å². The number of rotatable bonds is 3. The normalized spacial score (nSPS) is 10.3.